The van der Waals surface area contributed by atoms with Crippen molar-refractivity contribution in [2.75, 3.05) is 26.0 Å². The second kappa shape index (κ2) is 10.7. The Morgan fingerprint density at radius 3 is 2.70 bits per heavy atom. The quantitative estimate of drug-likeness (QED) is 0.460. The number of methoxy groups -OCH3 is 1. The van der Waals surface area contributed by atoms with E-state index in [1.807, 2.05) is 30.3 Å². The molecule has 2 aromatic carbocycles. The molecule has 0 saturated heterocycles. The first-order chi connectivity index (χ1) is 14.6. The summed E-state index contributed by atoms with van der Waals surface area (Å²) in [6.45, 7) is 3.46. The topological polar surface area (TPSA) is 74.8 Å². The first kappa shape index (κ1) is 21.7. The molecule has 0 radical (unpaired) electrons. The van der Waals surface area contributed by atoms with Crippen LogP contribution in [0.4, 0.5) is 5.69 Å². The molecule has 0 aliphatic heterocycles. The molecule has 3 rings (SSSR count). The van der Waals surface area contributed by atoms with Crippen LogP contribution in [0.3, 0.4) is 0 Å². The van der Waals surface area contributed by atoms with Gasteiger partial charge in [-0.3, -0.25) is 9.79 Å². The molecule has 6 heteroatoms. The van der Waals surface area contributed by atoms with E-state index in [4.69, 9.17) is 4.74 Å². The molecule has 1 saturated carbocycles. The van der Waals surface area contributed by atoms with E-state index in [1.165, 1.54) is 11.1 Å². The van der Waals surface area contributed by atoms with Gasteiger partial charge in [-0.05, 0) is 55.5 Å². The molecule has 160 valence electrons. The van der Waals surface area contributed by atoms with Crippen LogP contribution in [-0.4, -0.2) is 32.6 Å². The number of benzene rings is 2. The number of hydrogen-bond donors (Lipinski definition) is 3. The van der Waals surface area contributed by atoms with E-state index in [0.29, 0.717) is 6.54 Å². The fraction of sp³-hybridized carbons (Fsp3) is 0.417. The second-order valence-corrected chi connectivity index (χ2v) is 7.74. The van der Waals surface area contributed by atoms with Gasteiger partial charge in [0.25, 0.3) is 0 Å². The normalized spacial score (nSPS) is 14.0. The number of nitrogens with one attached hydrogen (secondary N) is 3. The first-order valence-corrected chi connectivity index (χ1v) is 10.6. The molecular formula is C24H32N4O2. The Balaban J connectivity index is 1.48. The Hall–Kier alpha value is -3.02. The molecule has 1 fully saturated rings. The molecule has 0 bridgehead atoms. The van der Waals surface area contributed by atoms with Crippen molar-refractivity contribution >= 4 is 17.6 Å². The van der Waals surface area contributed by atoms with Crippen LogP contribution < -0.4 is 20.7 Å². The molecule has 6 nitrogen and oxygen atoms in total. The SMILES string of the molecule is CN=C(NCCc1cc(C)ccc1OC)NCc1cccc(NC(=O)C2CCC2)c1. The van der Waals surface area contributed by atoms with Crippen molar-refractivity contribution < 1.29 is 9.53 Å². The lowest BCUT2D eigenvalue weighted by Gasteiger charge is -2.24. The number of nitrogens with zero attached hydrogens (tertiary/aromatic N) is 1. The van der Waals surface area contributed by atoms with Crippen molar-refractivity contribution in [1.29, 1.82) is 0 Å². The summed E-state index contributed by atoms with van der Waals surface area (Å²) >= 11 is 0. The van der Waals surface area contributed by atoms with Crippen molar-refractivity contribution in [2.24, 2.45) is 10.9 Å². The van der Waals surface area contributed by atoms with Gasteiger partial charge in [-0.15, -0.1) is 0 Å². The fourth-order valence-corrected chi connectivity index (χ4v) is 3.50. The Bertz CT molecular complexity index is 891. The lowest BCUT2D eigenvalue weighted by atomic mass is 9.85. The van der Waals surface area contributed by atoms with Gasteiger partial charge in [-0.1, -0.05) is 36.2 Å². The zero-order valence-corrected chi connectivity index (χ0v) is 18.1. The monoisotopic (exact) mass is 408 g/mol. The van der Waals surface area contributed by atoms with Crippen LogP contribution in [-0.2, 0) is 17.8 Å². The molecule has 1 amide bonds. The molecule has 1 aliphatic carbocycles. The van der Waals surface area contributed by atoms with Crippen LogP contribution in [0.1, 0.15) is 36.0 Å². The van der Waals surface area contributed by atoms with Gasteiger partial charge < -0.3 is 20.7 Å². The van der Waals surface area contributed by atoms with E-state index < -0.39 is 0 Å². The van der Waals surface area contributed by atoms with Crippen LogP contribution in [0, 0.1) is 12.8 Å². The van der Waals surface area contributed by atoms with Gasteiger partial charge in [0.15, 0.2) is 5.96 Å². The Labute approximate surface area is 179 Å². The molecule has 0 aromatic heterocycles. The number of anilines is 1. The number of carbonyl (C=O) groups is 1. The van der Waals surface area contributed by atoms with E-state index >= 15 is 0 Å². The van der Waals surface area contributed by atoms with Gasteiger partial charge in [-0.25, -0.2) is 0 Å². The predicted octanol–water partition coefficient (Wildman–Crippen LogP) is 3.65. The molecule has 0 unspecified atom stereocenters. The first-order valence-electron chi connectivity index (χ1n) is 10.6. The van der Waals surface area contributed by atoms with E-state index in [2.05, 4.69) is 40.0 Å². The third-order valence-corrected chi connectivity index (χ3v) is 5.48. The van der Waals surface area contributed by atoms with Gasteiger partial charge in [-0.2, -0.15) is 0 Å². The van der Waals surface area contributed by atoms with E-state index in [0.717, 1.165) is 55.2 Å². The minimum absolute atomic E-state index is 0.135. The number of guanidine groups is 1. The minimum atomic E-state index is 0.135. The predicted molar refractivity (Wildman–Crippen MR) is 122 cm³/mol. The zero-order chi connectivity index (χ0) is 21.3. The summed E-state index contributed by atoms with van der Waals surface area (Å²) in [6, 6.07) is 14.2. The van der Waals surface area contributed by atoms with Crippen molar-refractivity contribution in [1.82, 2.24) is 10.6 Å². The summed E-state index contributed by atoms with van der Waals surface area (Å²) in [5, 5.41) is 9.71. The maximum absolute atomic E-state index is 12.2. The molecule has 2 aromatic rings. The van der Waals surface area contributed by atoms with Gasteiger partial charge >= 0.3 is 0 Å². The van der Waals surface area contributed by atoms with Gasteiger partial charge in [0.1, 0.15) is 5.75 Å². The van der Waals surface area contributed by atoms with Crippen LogP contribution in [0.25, 0.3) is 0 Å². The van der Waals surface area contributed by atoms with Gasteiger partial charge in [0, 0.05) is 31.7 Å². The molecule has 0 atom stereocenters. The zero-order valence-electron chi connectivity index (χ0n) is 18.1. The number of ether oxygens (including phenoxy) is 1. The van der Waals surface area contributed by atoms with Crippen molar-refractivity contribution in [2.45, 2.75) is 39.2 Å². The van der Waals surface area contributed by atoms with Crippen molar-refractivity contribution in [3.63, 3.8) is 0 Å². The van der Waals surface area contributed by atoms with Crippen LogP contribution in [0.2, 0.25) is 0 Å². The van der Waals surface area contributed by atoms with Crippen molar-refractivity contribution in [3.05, 3.63) is 59.2 Å². The second-order valence-electron chi connectivity index (χ2n) is 7.74. The molecule has 0 spiro atoms. The molecule has 1 aliphatic rings. The standard InChI is InChI=1S/C24H32N4O2/c1-17-10-11-22(30-3)20(14-17)12-13-26-24(25-2)27-16-18-6-4-9-21(15-18)28-23(29)19-7-5-8-19/h4,6,9-11,14-15,19H,5,7-8,12-13,16H2,1-3H3,(H,28,29)(H2,25,26,27). The third-order valence-electron chi connectivity index (χ3n) is 5.48. The number of rotatable bonds is 8. The maximum atomic E-state index is 12.2. The lowest BCUT2D eigenvalue weighted by Crippen LogP contribution is -2.37. The lowest BCUT2D eigenvalue weighted by molar-refractivity contribution is -0.122. The van der Waals surface area contributed by atoms with Crippen molar-refractivity contribution in [3.8, 4) is 5.75 Å². The highest BCUT2D eigenvalue weighted by Crippen LogP contribution is 2.27. The number of amides is 1. The van der Waals surface area contributed by atoms with Gasteiger partial charge in [0.05, 0.1) is 7.11 Å². The highest BCUT2D eigenvalue weighted by Gasteiger charge is 2.25. The Morgan fingerprint density at radius 2 is 2.00 bits per heavy atom. The summed E-state index contributed by atoms with van der Waals surface area (Å²) in [4.78, 5) is 16.5. The Morgan fingerprint density at radius 1 is 1.17 bits per heavy atom. The van der Waals surface area contributed by atoms with Crippen LogP contribution >= 0.6 is 0 Å². The maximum Gasteiger partial charge on any atom is 0.227 e. The Kier molecular flexibility index (Phi) is 7.71. The van der Waals surface area contributed by atoms with E-state index in [-0.39, 0.29) is 11.8 Å². The van der Waals surface area contributed by atoms with Gasteiger partial charge in [0.2, 0.25) is 5.91 Å². The largest absolute Gasteiger partial charge is 0.496 e. The minimum Gasteiger partial charge on any atom is -0.496 e. The third kappa shape index (κ3) is 5.99. The highest BCUT2D eigenvalue weighted by atomic mass is 16.5. The number of aliphatic imine (C=N–C) groups is 1. The molecule has 0 heterocycles. The van der Waals surface area contributed by atoms with E-state index in [1.54, 1.807) is 14.2 Å². The molecule has 30 heavy (non-hydrogen) atoms. The summed E-state index contributed by atoms with van der Waals surface area (Å²) in [7, 11) is 3.46. The number of carbonyl (C=O) groups excluding carboxylic acids is 1. The average molecular weight is 409 g/mol. The molecule has 3 N–H and O–H groups in total. The summed E-state index contributed by atoms with van der Waals surface area (Å²) in [5.41, 5.74) is 4.33. The summed E-state index contributed by atoms with van der Waals surface area (Å²) in [5.74, 6) is 1.97. The van der Waals surface area contributed by atoms with Crippen LogP contribution in [0.15, 0.2) is 47.5 Å². The van der Waals surface area contributed by atoms with E-state index in [9.17, 15) is 4.79 Å². The smallest absolute Gasteiger partial charge is 0.227 e. The highest BCUT2D eigenvalue weighted by molar-refractivity contribution is 5.93. The van der Waals surface area contributed by atoms with Crippen LogP contribution in [0.5, 0.6) is 5.75 Å². The fourth-order valence-electron chi connectivity index (χ4n) is 3.50. The summed E-state index contributed by atoms with van der Waals surface area (Å²) < 4.78 is 5.45. The number of hydrogen-bond acceptors (Lipinski definition) is 3. The molecular weight excluding hydrogens is 376 g/mol. The number of aryl methyl sites for hydroxylation is 1. The average Bonchev–Trinajstić information content (AvgIpc) is 2.69. The summed E-state index contributed by atoms with van der Waals surface area (Å²) in [6.07, 6.45) is 4.01.